The van der Waals surface area contributed by atoms with Crippen LogP contribution in [0.2, 0.25) is 5.02 Å². The Morgan fingerprint density at radius 3 is 2.50 bits per heavy atom. The molecule has 10 heteroatoms. The van der Waals surface area contributed by atoms with Crippen LogP contribution in [-0.4, -0.2) is 37.8 Å². The maximum atomic E-state index is 12.7. The summed E-state index contributed by atoms with van der Waals surface area (Å²) in [5.74, 6) is 0.725. The number of aryl methyl sites for hydroxylation is 1. The van der Waals surface area contributed by atoms with Crippen molar-refractivity contribution in [3.63, 3.8) is 0 Å². The summed E-state index contributed by atoms with van der Waals surface area (Å²) in [5.41, 5.74) is 4.93. The number of ether oxygens (including phenoxy) is 3. The average molecular weight is 603 g/mol. The molecule has 0 aromatic heterocycles. The van der Waals surface area contributed by atoms with E-state index in [1.165, 1.54) is 6.21 Å². The highest BCUT2D eigenvalue weighted by molar-refractivity contribution is 9.10. The summed E-state index contributed by atoms with van der Waals surface area (Å²) in [4.78, 5) is 25.1. The third-order valence-corrected chi connectivity index (χ3v) is 6.02. The topological polar surface area (TPSA) is 98.3 Å². The maximum Gasteiger partial charge on any atom is 0.271 e. The van der Waals surface area contributed by atoms with Crippen LogP contribution in [0.3, 0.4) is 0 Å². The van der Waals surface area contributed by atoms with E-state index in [1.54, 1.807) is 48.5 Å². The Hall–Kier alpha value is -3.56. The molecule has 0 saturated heterocycles. The Bertz CT molecular complexity index is 1320. The smallest absolute Gasteiger partial charge is 0.271 e. The summed E-state index contributed by atoms with van der Waals surface area (Å²) in [6.45, 7) is 6.52. The number of anilines is 1. The molecular formula is C28H29BrClN3O5. The lowest BCUT2D eigenvalue weighted by molar-refractivity contribution is -0.118. The largest absolute Gasteiger partial charge is 0.490 e. The van der Waals surface area contributed by atoms with Gasteiger partial charge in [-0.3, -0.25) is 9.59 Å². The van der Waals surface area contributed by atoms with E-state index in [9.17, 15) is 9.59 Å². The zero-order valence-electron chi connectivity index (χ0n) is 21.3. The van der Waals surface area contributed by atoms with E-state index in [4.69, 9.17) is 25.8 Å². The number of hydrogen-bond donors (Lipinski definition) is 2. The minimum Gasteiger partial charge on any atom is -0.490 e. The van der Waals surface area contributed by atoms with Gasteiger partial charge in [0.15, 0.2) is 18.1 Å². The van der Waals surface area contributed by atoms with Crippen LogP contribution in [0.15, 0.2) is 64.2 Å². The van der Waals surface area contributed by atoms with Crippen LogP contribution in [0.1, 0.15) is 41.8 Å². The molecule has 200 valence electrons. The first-order chi connectivity index (χ1) is 18.3. The van der Waals surface area contributed by atoms with Crippen molar-refractivity contribution >= 4 is 51.2 Å². The lowest BCUT2D eigenvalue weighted by Crippen LogP contribution is -2.20. The van der Waals surface area contributed by atoms with Crippen molar-refractivity contribution in [1.29, 1.82) is 0 Å². The van der Waals surface area contributed by atoms with Gasteiger partial charge in [-0.1, -0.05) is 40.5 Å². The zero-order chi connectivity index (χ0) is 27.5. The summed E-state index contributed by atoms with van der Waals surface area (Å²) < 4.78 is 17.8. The second-order valence-corrected chi connectivity index (χ2v) is 9.45. The molecule has 0 radical (unpaired) electrons. The highest BCUT2D eigenvalue weighted by Crippen LogP contribution is 2.29. The molecule has 0 atom stereocenters. The van der Waals surface area contributed by atoms with Gasteiger partial charge in [0, 0.05) is 26.3 Å². The van der Waals surface area contributed by atoms with Gasteiger partial charge in [0.1, 0.15) is 5.75 Å². The molecule has 0 aliphatic heterocycles. The van der Waals surface area contributed by atoms with Crippen molar-refractivity contribution in [3.05, 3.63) is 80.8 Å². The van der Waals surface area contributed by atoms with Crippen LogP contribution < -0.4 is 25.0 Å². The molecule has 3 aromatic carbocycles. The Kier molecular flexibility index (Phi) is 11.0. The molecule has 0 aliphatic rings. The van der Waals surface area contributed by atoms with Crippen molar-refractivity contribution in [2.75, 3.05) is 25.1 Å². The summed E-state index contributed by atoms with van der Waals surface area (Å²) in [5, 5.41) is 7.38. The van der Waals surface area contributed by atoms with Crippen LogP contribution in [0, 0.1) is 6.92 Å². The monoisotopic (exact) mass is 601 g/mol. The first-order valence-electron chi connectivity index (χ1n) is 12.0. The number of amides is 2. The predicted octanol–water partition coefficient (Wildman–Crippen LogP) is 6.38. The Morgan fingerprint density at radius 1 is 0.974 bits per heavy atom. The van der Waals surface area contributed by atoms with Crippen LogP contribution in [0.5, 0.6) is 17.2 Å². The van der Waals surface area contributed by atoms with Gasteiger partial charge in [-0.05, 0) is 74.4 Å². The van der Waals surface area contributed by atoms with E-state index in [-0.39, 0.29) is 12.5 Å². The number of nitrogens with one attached hydrogen (secondary N) is 2. The third-order valence-electron chi connectivity index (χ3n) is 5.12. The van der Waals surface area contributed by atoms with Crippen molar-refractivity contribution < 1.29 is 23.8 Å². The standard InChI is InChI=1S/C28H29BrClN3O5/c1-4-12-37-25-10-7-19(14-26(25)36-5-2)28(35)33-31-16-20-13-21(29)8-11-24(20)38-17-27(34)32-22-9-6-18(3)23(30)15-22/h6-11,13-16H,4-5,12,17H2,1-3H3,(H,32,34)(H,33,35)/b31-16+. The van der Waals surface area contributed by atoms with Crippen LogP contribution in [-0.2, 0) is 4.79 Å². The molecule has 2 N–H and O–H groups in total. The van der Waals surface area contributed by atoms with Gasteiger partial charge in [0.2, 0.25) is 0 Å². The molecule has 0 fully saturated rings. The van der Waals surface area contributed by atoms with E-state index in [0.29, 0.717) is 52.3 Å². The zero-order valence-corrected chi connectivity index (χ0v) is 23.7. The summed E-state index contributed by atoms with van der Waals surface area (Å²) >= 11 is 9.54. The average Bonchev–Trinajstić information content (AvgIpc) is 2.89. The second-order valence-electron chi connectivity index (χ2n) is 8.13. The van der Waals surface area contributed by atoms with E-state index in [1.807, 2.05) is 26.8 Å². The van der Waals surface area contributed by atoms with Gasteiger partial charge in [0.25, 0.3) is 11.8 Å². The van der Waals surface area contributed by atoms with Gasteiger partial charge in [-0.2, -0.15) is 5.10 Å². The van der Waals surface area contributed by atoms with Gasteiger partial charge >= 0.3 is 0 Å². The number of benzene rings is 3. The Labute approximate surface area is 235 Å². The van der Waals surface area contributed by atoms with Crippen molar-refractivity contribution in [2.45, 2.75) is 27.2 Å². The Morgan fingerprint density at radius 2 is 1.76 bits per heavy atom. The SMILES string of the molecule is CCCOc1ccc(C(=O)N/N=C/c2cc(Br)ccc2OCC(=O)Nc2ccc(C)c(Cl)c2)cc1OCC. The molecule has 0 heterocycles. The molecule has 3 rings (SSSR count). The minimum atomic E-state index is -0.419. The molecule has 0 spiro atoms. The number of carbonyl (C=O) groups is 2. The summed E-state index contributed by atoms with van der Waals surface area (Å²) in [6, 6.07) is 15.5. The van der Waals surface area contributed by atoms with Crippen LogP contribution in [0.4, 0.5) is 5.69 Å². The van der Waals surface area contributed by atoms with Gasteiger partial charge < -0.3 is 19.5 Å². The number of nitrogens with zero attached hydrogens (tertiary/aromatic N) is 1. The fraction of sp³-hybridized carbons (Fsp3) is 0.250. The van der Waals surface area contributed by atoms with E-state index >= 15 is 0 Å². The van der Waals surface area contributed by atoms with Gasteiger partial charge in [-0.25, -0.2) is 5.43 Å². The third kappa shape index (κ3) is 8.49. The molecule has 0 bridgehead atoms. The number of rotatable bonds is 12. The summed E-state index contributed by atoms with van der Waals surface area (Å²) in [6.07, 6.45) is 2.30. The molecular weight excluding hydrogens is 574 g/mol. The number of hydrazone groups is 1. The molecule has 38 heavy (non-hydrogen) atoms. The molecule has 0 saturated carbocycles. The predicted molar refractivity (Wildman–Crippen MR) is 153 cm³/mol. The van der Waals surface area contributed by atoms with Crippen molar-refractivity contribution in [1.82, 2.24) is 5.43 Å². The molecule has 0 unspecified atom stereocenters. The van der Waals surface area contributed by atoms with Gasteiger partial charge in [0.05, 0.1) is 19.4 Å². The normalized spacial score (nSPS) is 10.8. The highest BCUT2D eigenvalue weighted by atomic mass is 79.9. The number of halogens is 2. The van der Waals surface area contributed by atoms with E-state index in [0.717, 1.165) is 16.5 Å². The fourth-order valence-electron chi connectivity index (χ4n) is 3.24. The fourth-order valence-corrected chi connectivity index (χ4v) is 3.80. The lowest BCUT2D eigenvalue weighted by Gasteiger charge is -2.12. The number of carbonyl (C=O) groups excluding carboxylic acids is 2. The lowest BCUT2D eigenvalue weighted by atomic mass is 10.2. The molecule has 3 aromatic rings. The van der Waals surface area contributed by atoms with Crippen LogP contribution in [0.25, 0.3) is 0 Å². The maximum absolute atomic E-state index is 12.7. The van der Waals surface area contributed by atoms with Gasteiger partial charge in [-0.15, -0.1) is 0 Å². The minimum absolute atomic E-state index is 0.229. The van der Waals surface area contributed by atoms with E-state index < -0.39 is 5.91 Å². The van der Waals surface area contributed by atoms with E-state index in [2.05, 4.69) is 31.8 Å². The molecule has 0 aliphatic carbocycles. The first kappa shape index (κ1) is 29.0. The molecule has 8 nitrogen and oxygen atoms in total. The summed E-state index contributed by atoms with van der Waals surface area (Å²) in [7, 11) is 0. The van der Waals surface area contributed by atoms with Crippen molar-refractivity contribution in [2.24, 2.45) is 5.10 Å². The molecule has 2 amide bonds. The highest BCUT2D eigenvalue weighted by Gasteiger charge is 2.12. The second kappa shape index (κ2) is 14.4. The van der Waals surface area contributed by atoms with Crippen molar-refractivity contribution in [3.8, 4) is 17.2 Å². The van der Waals surface area contributed by atoms with Crippen LogP contribution >= 0.6 is 27.5 Å². The quantitative estimate of drug-likeness (QED) is 0.185. The first-order valence-corrected chi connectivity index (χ1v) is 13.2. The Balaban J connectivity index is 1.64. The number of hydrogen-bond acceptors (Lipinski definition) is 6.